The number of urea groups is 1. The number of amides is 2. The maximum absolute atomic E-state index is 12.1. The van der Waals surface area contributed by atoms with Crippen molar-refractivity contribution in [3.05, 3.63) is 0 Å². The van der Waals surface area contributed by atoms with Gasteiger partial charge in [-0.1, -0.05) is 12.8 Å². The molecule has 4 heteroatoms. The second kappa shape index (κ2) is 5.90. The lowest BCUT2D eigenvalue weighted by molar-refractivity contribution is 0.194. The molecule has 2 atom stereocenters. The molecule has 1 heterocycles. The Hall–Kier alpha value is -1.24. The Morgan fingerprint density at radius 3 is 2.47 bits per heavy atom. The highest BCUT2D eigenvalue weighted by molar-refractivity contribution is 5.74. The Balaban J connectivity index is 1.85. The molecule has 2 aliphatic rings. The van der Waals surface area contributed by atoms with E-state index in [0.29, 0.717) is 0 Å². The molecule has 1 N–H and O–H groups in total. The van der Waals surface area contributed by atoms with Gasteiger partial charge in [0.25, 0.3) is 0 Å². The molecule has 0 spiro atoms. The summed E-state index contributed by atoms with van der Waals surface area (Å²) in [6, 6.07) is 2.42. The molecule has 4 nitrogen and oxygen atoms in total. The Morgan fingerprint density at radius 1 is 1.12 bits per heavy atom. The van der Waals surface area contributed by atoms with Gasteiger partial charge in [0, 0.05) is 19.1 Å². The fourth-order valence-corrected chi connectivity index (χ4v) is 2.81. The van der Waals surface area contributed by atoms with E-state index in [1.807, 2.05) is 4.90 Å². The highest BCUT2D eigenvalue weighted by atomic mass is 16.2. The third-order valence-corrected chi connectivity index (χ3v) is 3.88. The summed E-state index contributed by atoms with van der Waals surface area (Å²) >= 11 is 0. The minimum atomic E-state index is 0.0194. The minimum absolute atomic E-state index is 0.0194. The highest BCUT2D eigenvalue weighted by Gasteiger charge is 2.29. The number of likely N-dealkylation sites (tertiary alicyclic amines) is 1. The molecular weight excluding hydrogens is 214 g/mol. The lowest BCUT2D eigenvalue weighted by Gasteiger charge is -2.24. The average Bonchev–Trinajstić information content (AvgIpc) is 2.62. The highest BCUT2D eigenvalue weighted by Crippen LogP contribution is 2.25. The van der Waals surface area contributed by atoms with Crippen LogP contribution in [0.5, 0.6) is 0 Å². The van der Waals surface area contributed by atoms with Crippen molar-refractivity contribution in [2.75, 3.05) is 13.1 Å². The van der Waals surface area contributed by atoms with Crippen molar-refractivity contribution in [1.82, 2.24) is 10.2 Å². The van der Waals surface area contributed by atoms with E-state index in [0.717, 1.165) is 45.2 Å². The van der Waals surface area contributed by atoms with E-state index >= 15 is 0 Å². The van der Waals surface area contributed by atoms with Gasteiger partial charge in [-0.15, -0.1) is 0 Å². The van der Waals surface area contributed by atoms with Crippen LogP contribution >= 0.6 is 0 Å². The van der Waals surface area contributed by atoms with E-state index in [4.69, 9.17) is 5.26 Å². The molecule has 1 aliphatic heterocycles. The van der Waals surface area contributed by atoms with Gasteiger partial charge in [-0.3, -0.25) is 0 Å². The zero-order chi connectivity index (χ0) is 12.1. The third-order valence-electron chi connectivity index (χ3n) is 3.88. The number of carbonyl (C=O) groups is 1. The topological polar surface area (TPSA) is 56.1 Å². The van der Waals surface area contributed by atoms with Crippen LogP contribution in [0.3, 0.4) is 0 Å². The monoisotopic (exact) mass is 235 g/mol. The third kappa shape index (κ3) is 3.12. The average molecular weight is 235 g/mol. The van der Waals surface area contributed by atoms with Crippen LogP contribution in [0.25, 0.3) is 0 Å². The summed E-state index contributed by atoms with van der Waals surface area (Å²) in [5, 5.41) is 12.0. The molecule has 1 saturated heterocycles. The van der Waals surface area contributed by atoms with Gasteiger partial charge in [-0.2, -0.15) is 5.26 Å². The van der Waals surface area contributed by atoms with Gasteiger partial charge < -0.3 is 10.2 Å². The number of carbonyl (C=O) groups excluding carboxylic acids is 1. The van der Waals surface area contributed by atoms with E-state index in [1.165, 1.54) is 12.8 Å². The van der Waals surface area contributed by atoms with Crippen molar-refractivity contribution in [2.45, 2.75) is 51.0 Å². The first-order valence-electron chi connectivity index (χ1n) is 6.76. The number of nitrogens with one attached hydrogen (secondary N) is 1. The van der Waals surface area contributed by atoms with Crippen molar-refractivity contribution in [2.24, 2.45) is 5.92 Å². The van der Waals surface area contributed by atoms with Gasteiger partial charge in [0.05, 0.1) is 12.0 Å². The standard InChI is InChI=1S/C13H21N3O/c14-10-11-6-5-7-12(11)15-13(17)16-8-3-1-2-4-9-16/h11-12H,1-9H2,(H,15,17). The normalized spacial score (nSPS) is 29.5. The second-order valence-electron chi connectivity index (χ2n) is 5.12. The van der Waals surface area contributed by atoms with Gasteiger partial charge in [-0.25, -0.2) is 4.79 Å². The lowest BCUT2D eigenvalue weighted by Crippen LogP contribution is -2.46. The predicted molar refractivity (Wildman–Crippen MR) is 65.3 cm³/mol. The molecule has 0 aromatic heterocycles. The summed E-state index contributed by atoms with van der Waals surface area (Å²) in [4.78, 5) is 14.0. The van der Waals surface area contributed by atoms with E-state index in [2.05, 4.69) is 11.4 Å². The summed E-state index contributed by atoms with van der Waals surface area (Å²) < 4.78 is 0. The van der Waals surface area contributed by atoms with Crippen LogP contribution in [0.2, 0.25) is 0 Å². The van der Waals surface area contributed by atoms with Crippen LogP contribution < -0.4 is 5.32 Å². The Labute approximate surface area is 103 Å². The van der Waals surface area contributed by atoms with Gasteiger partial charge in [0.15, 0.2) is 0 Å². The van der Waals surface area contributed by atoms with Crippen LogP contribution in [-0.4, -0.2) is 30.1 Å². The summed E-state index contributed by atoms with van der Waals surface area (Å²) in [7, 11) is 0. The Morgan fingerprint density at radius 2 is 1.82 bits per heavy atom. The Kier molecular flexibility index (Phi) is 4.24. The first kappa shape index (κ1) is 12.2. The molecule has 0 radical (unpaired) electrons. The molecule has 0 bridgehead atoms. The molecule has 1 saturated carbocycles. The zero-order valence-corrected chi connectivity index (χ0v) is 10.3. The minimum Gasteiger partial charge on any atom is -0.334 e. The number of nitrogens with zero attached hydrogens (tertiary/aromatic N) is 2. The van der Waals surface area contributed by atoms with Crippen molar-refractivity contribution in [1.29, 1.82) is 5.26 Å². The van der Waals surface area contributed by atoms with E-state index in [9.17, 15) is 4.79 Å². The van der Waals surface area contributed by atoms with Crippen LogP contribution in [0.1, 0.15) is 44.9 Å². The maximum atomic E-state index is 12.1. The molecular formula is C13H21N3O. The van der Waals surface area contributed by atoms with Crippen LogP contribution in [0.4, 0.5) is 4.79 Å². The molecule has 2 amide bonds. The van der Waals surface area contributed by atoms with E-state index in [1.54, 1.807) is 0 Å². The summed E-state index contributed by atoms with van der Waals surface area (Å²) in [6.07, 6.45) is 7.63. The van der Waals surface area contributed by atoms with E-state index in [-0.39, 0.29) is 18.0 Å². The van der Waals surface area contributed by atoms with E-state index < -0.39 is 0 Å². The molecule has 1 aliphatic carbocycles. The first-order valence-corrected chi connectivity index (χ1v) is 6.76. The summed E-state index contributed by atoms with van der Waals surface area (Å²) in [5.74, 6) is 0.0194. The molecule has 94 valence electrons. The van der Waals surface area contributed by atoms with Gasteiger partial charge >= 0.3 is 6.03 Å². The van der Waals surface area contributed by atoms with Gasteiger partial charge in [0.1, 0.15) is 0 Å². The first-order chi connectivity index (χ1) is 8.31. The second-order valence-corrected chi connectivity index (χ2v) is 5.12. The lowest BCUT2D eigenvalue weighted by atomic mass is 10.1. The van der Waals surface area contributed by atoms with Crippen LogP contribution in [0, 0.1) is 17.2 Å². The Bertz CT molecular complexity index is 302. The van der Waals surface area contributed by atoms with Crippen molar-refractivity contribution in [3.8, 4) is 6.07 Å². The predicted octanol–water partition coefficient (Wildman–Crippen LogP) is 2.26. The molecule has 2 unspecified atom stereocenters. The summed E-state index contributed by atoms with van der Waals surface area (Å²) in [5.41, 5.74) is 0. The quantitative estimate of drug-likeness (QED) is 0.758. The SMILES string of the molecule is N#CC1CCCC1NC(=O)N1CCCCCC1. The number of hydrogen-bond donors (Lipinski definition) is 1. The fraction of sp³-hybridized carbons (Fsp3) is 0.846. The molecule has 0 aromatic carbocycles. The number of nitriles is 1. The van der Waals surface area contributed by atoms with Crippen molar-refractivity contribution >= 4 is 6.03 Å². The van der Waals surface area contributed by atoms with Gasteiger partial charge in [-0.05, 0) is 32.1 Å². The van der Waals surface area contributed by atoms with Gasteiger partial charge in [0.2, 0.25) is 0 Å². The van der Waals surface area contributed by atoms with Crippen molar-refractivity contribution in [3.63, 3.8) is 0 Å². The fourth-order valence-electron chi connectivity index (χ4n) is 2.81. The molecule has 2 fully saturated rings. The largest absolute Gasteiger partial charge is 0.334 e. The number of rotatable bonds is 1. The summed E-state index contributed by atoms with van der Waals surface area (Å²) in [6.45, 7) is 1.74. The van der Waals surface area contributed by atoms with Crippen LogP contribution in [-0.2, 0) is 0 Å². The molecule has 0 aromatic rings. The zero-order valence-electron chi connectivity index (χ0n) is 10.3. The van der Waals surface area contributed by atoms with Crippen molar-refractivity contribution < 1.29 is 4.79 Å². The smallest absolute Gasteiger partial charge is 0.317 e. The molecule has 2 rings (SSSR count). The number of hydrogen-bond acceptors (Lipinski definition) is 2. The molecule has 17 heavy (non-hydrogen) atoms. The van der Waals surface area contributed by atoms with Crippen LogP contribution in [0.15, 0.2) is 0 Å². The maximum Gasteiger partial charge on any atom is 0.317 e.